The molecule has 6 heteroatoms. The summed E-state index contributed by atoms with van der Waals surface area (Å²) in [4.78, 5) is 16.3. The molecule has 0 saturated heterocycles. The van der Waals surface area contributed by atoms with Gasteiger partial charge in [-0.1, -0.05) is 132 Å². The van der Waals surface area contributed by atoms with Crippen LogP contribution in [0, 0.1) is 13.8 Å². The molecule has 9 aromatic rings. The first kappa shape index (κ1) is 26.2. The van der Waals surface area contributed by atoms with Crippen molar-refractivity contribution in [1.82, 2.24) is 23.9 Å². The van der Waals surface area contributed by atoms with Crippen LogP contribution in [-0.4, -0.2) is 30.6 Å². The Morgan fingerprint density at radius 2 is 1.26 bits per heavy atom. The SMILES string of the molecule is Cc1cccc(C)c1B1c2nc(-c3ccccc3)nc(-c3ccccc3)c2-n2c3c1ccc1cccc(c13)n1c3ccccc3nc21. The highest BCUT2D eigenvalue weighted by molar-refractivity contribution is 6.98. The largest absolute Gasteiger partial charge is 0.277 e. The van der Waals surface area contributed by atoms with Gasteiger partial charge in [0.1, 0.15) is 0 Å². The Kier molecular flexibility index (Phi) is 5.44. The minimum atomic E-state index is -0.112. The van der Waals surface area contributed by atoms with Gasteiger partial charge in [-0.15, -0.1) is 0 Å². The minimum absolute atomic E-state index is 0.112. The second kappa shape index (κ2) is 9.75. The number of hydrogen-bond acceptors (Lipinski definition) is 3. The summed E-state index contributed by atoms with van der Waals surface area (Å²) in [5, 5.41) is 2.41. The topological polar surface area (TPSA) is 48.0 Å². The maximum absolute atomic E-state index is 5.54. The molecule has 220 valence electrons. The lowest BCUT2D eigenvalue weighted by molar-refractivity contribution is 1.04. The first-order valence-electron chi connectivity index (χ1n) is 16.1. The van der Waals surface area contributed by atoms with E-state index in [-0.39, 0.29) is 6.71 Å². The number of imidazole rings is 1. The van der Waals surface area contributed by atoms with E-state index < -0.39 is 0 Å². The van der Waals surface area contributed by atoms with Crippen LogP contribution in [0.4, 0.5) is 0 Å². The molecule has 47 heavy (non-hydrogen) atoms. The third kappa shape index (κ3) is 3.64. The summed E-state index contributed by atoms with van der Waals surface area (Å²) < 4.78 is 4.68. The first-order chi connectivity index (χ1) is 23.2. The first-order valence-corrected chi connectivity index (χ1v) is 16.1. The molecule has 0 atom stereocenters. The number of aromatic nitrogens is 5. The third-order valence-corrected chi connectivity index (χ3v) is 9.86. The summed E-state index contributed by atoms with van der Waals surface area (Å²) in [6, 6.07) is 47.1. The smallest absolute Gasteiger partial charge is 0.271 e. The van der Waals surface area contributed by atoms with Crippen LogP contribution < -0.4 is 16.5 Å². The highest BCUT2D eigenvalue weighted by Crippen LogP contribution is 2.37. The molecule has 0 saturated carbocycles. The van der Waals surface area contributed by atoms with Crippen molar-refractivity contribution in [2.45, 2.75) is 13.8 Å². The quantitative estimate of drug-likeness (QED) is 0.202. The molecule has 4 heterocycles. The molecule has 0 radical (unpaired) electrons. The molecular formula is C41H28BN5. The van der Waals surface area contributed by atoms with E-state index in [0.29, 0.717) is 0 Å². The lowest BCUT2D eigenvalue weighted by atomic mass is 9.35. The fraction of sp³-hybridized carbons (Fsp3) is 0.0488. The van der Waals surface area contributed by atoms with Crippen LogP contribution in [0.1, 0.15) is 11.1 Å². The van der Waals surface area contributed by atoms with Crippen LogP contribution in [0.25, 0.3) is 66.9 Å². The predicted molar refractivity (Wildman–Crippen MR) is 194 cm³/mol. The molecule has 0 amide bonds. The molecule has 0 bridgehead atoms. The van der Waals surface area contributed by atoms with E-state index >= 15 is 0 Å². The van der Waals surface area contributed by atoms with Crippen LogP contribution in [-0.2, 0) is 0 Å². The minimum Gasteiger partial charge on any atom is -0.277 e. The summed E-state index contributed by atoms with van der Waals surface area (Å²) >= 11 is 0. The van der Waals surface area contributed by atoms with Crippen LogP contribution in [0.2, 0.25) is 0 Å². The van der Waals surface area contributed by atoms with Gasteiger partial charge >= 0.3 is 0 Å². The maximum Gasteiger partial charge on any atom is 0.271 e. The van der Waals surface area contributed by atoms with E-state index in [2.05, 4.69) is 150 Å². The Bertz CT molecular complexity index is 2690. The monoisotopic (exact) mass is 601 g/mol. The molecule has 1 aliphatic heterocycles. The van der Waals surface area contributed by atoms with Crippen molar-refractivity contribution >= 4 is 61.8 Å². The summed E-state index contributed by atoms with van der Waals surface area (Å²) in [6.45, 7) is 4.34. The van der Waals surface area contributed by atoms with E-state index in [9.17, 15) is 0 Å². The molecule has 6 aromatic carbocycles. The lowest BCUT2D eigenvalue weighted by Crippen LogP contribution is -2.59. The van der Waals surface area contributed by atoms with Crippen LogP contribution in [0.5, 0.6) is 0 Å². The maximum atomic E-state index is 5.54. The number of aryl methyl sites for hydroxylation is 2. The molecule has 1 aliphatic rings. The van der Waals surface area contributed by atoms with Gasteiger partial charge in [0.2, 0.25) is 5.78 Å². The van der Waals surface area contributed by atoms with Crippen LogP contribution >= 0.6 is 0 Å². The van der Waals surface area contributed by atoms with Crippen molar-refractivity contribution in [1.29, 1.82) is 0 Å². The second-order valence-electron chi connectivity index (χ2n) is 12.6. The van der Waals surface area contributed by atoms with Crippen LogP contribution in [0.15, 0.2) is 133 Å². The summed E-state index contributed by atoms with van der Waals surface area (Å²) in [5.41, 5.74) is 14.2. The Hall–Kier alpha value is -6.01. The zero-order chi connectivity index (χ0) is 31.2. The molecule has 5 nitrogen and oxygen atoms in total. The molecule has 0 unspecified atom stereocenters. The van der Waals surface area contributed by atoms with Gasteiger partial charge in [-0.2, -0.15) is 0 Å². The van der Waals surface area contributed by atoms with Crippen molar-refractivity contribution in [3.8, 4) is 28.3 Å². The highest BCUT2D eigenvalue weighted by atomic mass is 15.2. The van der Waals surface area contributed by atoms with Crippen molar-refractivity contribution < 1.29 is 0 Å². The van der Waals surface area contributed by atoms with Gasteiger partial charge in [0.25, 0.3) is 6.71 Å². The highest BCUT2D eigenvalue weighted by Gasteiger charge is 2.39. The standard InChI is InChI=1S/C41H28BN5/c1-25-13-11-14-26(2)35(25)42-30-24-23-27-19-12-22-33-34(27)37(30)47(41-43-31-20-9-10-21-32(31)46(33)41)38-36(28-15-5-3-6-16-28)44-40(45-39(38)42)29-17-7-4-8-18-29/h3-24H,1-2H3. The van der Waals surface area contributed by atoms with E-state index in [1.54, 1.807) is 0 Å². The van der Waals surface area contributed by atoms with Crippen molar-refractivity contribution in [3.05, 3.63) is 145 Å². The predicted octanol–water partition coefficient (Wildman–Crippen LogP) is 7.16. The zero-order valence-corrected chi connectivity index (χ0v) is 26.0. The summed E-state index contributed by atoms with van der Waals surface area (Å²) in [7, 11) is 0. The molecule has 0 fully saturated rings. The average molecular weight is 602 g/mol. The number of fused-ring (bicyclic) bond motifs is 7. The number of rotatable bonds is 3. The molecule has 10 rings (SSSR count). The Morgan fingerprint density at radius 3 is 2.04 bits per heavy atom. The lowest BCUT2D eigenvalue weighted by Gasteiger charge is -2.32. The van der Waals surface area contributed by atoms with Crippen molar-refractivity contribution in [2.24, 2.45) is 0 Å². The molecule has 0 N–H and O–H groups in total. The third-order valence-electron chi connectivity index (χ3n) is 9.86. The summed E-state index contributed by atoms with van der Waals surface area (Å²) in [5.74, 6) is 1.57. The van der Waals surface area contributed by atoms with Gasteiger partial charge < -0.3 is 0 Å². The fourth-order valence-electron chi connectivity index (χ4n) is 7.86. The second-order valence-corrected chi connectivity index (χ2v) is 12.6. The zero-order valence-electron chi connectivity index (χ0n) is 26.0. The number of benzene rings is 6. The molecule has 3 aromatic heterocycles. The van der Waals surface area contributed by atoms with E-state index in [0.717, 1.165) is 61.8 Å². The fourth-order valence-corrected chi connectivity index (χ4v) is 7.86. The molecule has 0 spiro atoms. The van der Waals surface area contributed by atoms with E-state index in [1.165, 1.54) is 32.8 Å². The van der Waals surface area contributed by atoms with Gasteiger partial charge in [-0.05, 0) is 42.9 Å². The van der Waals surface area contributed by atoms with Gasteiger partial charge in [0.15, 0.2) is 5.82 Å². The Labute approximate surface area is 271 Å². The normalized spacial score (nSPS) is 12.4. The van der Waals surface area contributed by atoms with Crippen molar-refractivity contribution in [3.63, 3.8) is 0 Å². The average Bonchev–Trinajstić information content (AvgIpc) is 3.51. The van der Waals surface area contributed by atoms with Gasteiger partial charge in [0.05, 0.1) is 33.4 Å². The van der Waals surface area contributed by atoms with E-state index in [4.69, 9.17) is 15.0 Å². The number of hydrogen-bond donors (Lipinski definition) is 0. The molecular weight excluding hydrogens is 573 g/mol. The Balaban J connectivity index is 1.49. The van der Waals surface area contributed by atoms with Crippen molar-refractivity contribution in [2.75, 3.05) is 0 Å². The van der Waals surface area contributed by atoms with Crippen LogP contribution in [0.3, 0.4) is 0 Å². The number of para-hydroxylation sites is 2. The van der Waals surface area contributed by atoms with Gasteiger partial charge in [-0.3, -0.25) is 8.97 Å². The molecule has 0 aliphatic carbocycles. The summed E-state index contributed by atoms with van der Waals surface area (Å²) in [6.07, 6.45) is 0. The van der Waals surface area contributed by atoms with Gasteiger partial charge in [-0.25, -0.2) is 15.0 Å². The number of nitrogens with zero attached hydrogens (tertiary/aromatic N) is 5. The van der Waals surface area contributed by atoms with Gasteiger partial charge in [0, 0.05) is 22.1 Å². The Morgan fingerprint density at radius 1 is 0.574 bits per heavy atom. The van der Waals surface area contributed by atoms with E-state index in [1.807, 2.05) is 6.07 Å².